The Morgan fingerprint density at radius 2 is 1.93 bits per heavy atom. The number of hydrogen-bond acceptors (Lipinski definition) is 2. The average molecular weight is 200 g/mol. The summed E-state index contributed by atoms with van der Waals surface area (Å²) in [6.45, 7) is 17.0. The highest BCUT2D eigenvalue weighted by Gasteiger charge is 2.23. The molecule has 2 heteroatoms. The third-order valence-corrected chi connectivity index (χ3v) is 2.40. The van der Waals surface area contributed by atoms with Crippen LogP contribution in [0.15, 0.2) is 0 Å². The normalized spacial score (nSPS) is 22.1. The van der Waals surface area contributed by atoms with Crippen LogP contribution in [0.5, 0.6) is 0 Å². The Balaban J connectivity index is 0.000000791. The molecule has 1 N–H and O–H groups in total. The molecule has 0 unspecified atom stereocenters. The standard InChI is InChI=1S/C10H22N2.C2H6/c1-4-6-12-7-5-11-8-10(2,3)9-12;1-2/h11H,4-9H2,1-3H3;1-2H3. The number of nitrogens with zero attached hydrogens (tertiary/aromatic N) is 1. The quantitative estimate of drug-likeness (QED) is 0.736. The fourth-order valence-electron chi connectivity index (χ4n) is 1.91. The molecule has 0 aromatic heterocycles. The summed E-state index contributed by atoms with van der Waals surface area (Å²) in [4.78, 5) is 2.57. The molecule has 0 amide bonds. The minimum atomic E-state index is 0.450. The summed E-state index contributed by atoms with van der Waals surface area (Å²) in [6.07, 6.45) is 1.27. The second-order valence-corrected chi connectivity index (χ2v) is 4.62. The van der Waals surface area contributed by atoms with Gasteiger partial charge in [-0.25, -0.2) is 0 Å². The van der Waals surface area contributed by atoms with Crippen molar-refractivity contribution < 1.29 is 0 Å². The Labute approximate surface area is 90.1 Å². The summed E-state index contributed by atoms with van der Waals surface area (Å²) in [5, 5.41) is 3.48. The second kappa shape index (κ2) is 7.24. The molecular weight excluding hydrogens is 172 g/mol. The van der Waals surface area contributed by atoms with Crippen LogP contribution in [0, 0.1) is 5.41 Å². The van der Waals surface area contributed by atoms with Crippen LogP contribution in [-0.2, 0) is 0 Å². The van der Waals surface area contributed by atoms with Crippen molar-refractivity contribution in [1.29, 1.82) is 0 Å². The molecule has 1 rings (SSSR count). The topological polar surface area (TPSA) is 15.3 Å². The van der Waals surface area contributed by atoms with Crippen LogP contribution in [0.1, 0.15) is 41.0 Å². The summed E-state index contributed by atoms with van der Waals surface area (Å²) in [6, 6.07) is 0. The first-order valence-corrected chi connectivity index (χ1v) is 6.07. The van der Waals surface area contributed by atoms with Crippen LogP contribution in [-0.4, -0.2) is 37.6 Å². The van der Waals surface area contributed by atoms with Crippen LogP contribution in [0.2, 0.25) is 0 Å². The molecule has 0 atom stereocenters. The first kappa shape index (κ1) is 13.9. The molecule has 0 aliphatic carbocycles. The van der Waals surface area contributed by atoms with E-state index in [1.165, 1.54) is 26.1 Å². The van der Waals surface area contributed by atoms with Gasteiger partial charge in [0.2, 0.25) is 0 Å². The summed E-state index contributed by atoms with van der Waals surface area (Å²) in [5.41, 5.74) is 0.450. The fraction of sp³-hybridized carbons (Fsp3) is 1.00. The average Bonchev–Trinajstić information content (AvgIpc) is 2.30. The highest BCUT2D eigenvalue weighted by molar-refractivity contribution is 4.79. The van der Waals surface area contributed by atoms with Gasteiger partial charge in [0, 0.05) is 26.2 Å². The van der Waals surface area contributed by atoms with Crippen molar-refractivity contribution in [3.63, 3.8) is 0 Å². The third-order valence-electron chi connectivity index (χ3n) is 2.40. The summed E-state index contributed by atoms with van der Waals surface area (Å²) in [7, 11) is 0. The maximum Gasteiger partial charge on any atom is 0.0107 e. The van der Waals surface area contributed by atoms with Crippen LogP contribution >= 0.6 is 0 Å². The molecular formula is C12H28N2. The monoisotopic (exact) mass is 200 g/mol. The van der Waals surface area contributed by atoms with Gasteiger partial charge in [-0.1, -0.05) is 34.6 Å². The van der Waals surface area contributed by atoms with Gasteiger partial charge in [0.15, 0.2) is 0 Å². The minimum Gasteiger partial charge on any atom is -0.315 e. The largest absolute Gasteiger partial charge is 0.315 e. The molecule has 86 valence electrons. The van der Waals surface area contributed by atoms with E-state index in [0.717, 1.165) is 13.1 Å². The van der Waals surface area contributed by atoms with Gasteiger partial charge in [-0.2, -0.15) is 0 Å². The second-order valence-electron chi connectivity index (χ2n) is 4.62. The van der Waals surface area contributed by atoms with E-state index in [1.807, 2.05) is 13.8 Å². The number of hydrogen-bond donors (Lipinski definition) is 1. The highest BCUT2D eigenvalue weighted by atomic mass is 15.2. The molecule has 0 aromatic rings. The Bertz CT molecular complexity index is 132. The van der Waals surface area contributed by atoms with Gasteiger partial charge in [-0.15, -0.1) is 0 Å². The molecule has 1 aliphatic heterocycles. The molecule has 0 aromatic carbocycles. The van der Waals surface area contributed by atoms with E-state index >= 15 is 0 Å². The predicted octanol–water partition coefficient (Wildman–Crippen LogP) is 2.35. The molecule has 0 saturated carbocycles. The molecule has 14 heavy (non-hydrogen) atoms. The molecule has 0 spiro atoms. The lowest BCUT2D eigenvalue weighted by atomic mass is 9.93. The molecule has 2 nitrogen and oxygen atoms in total. The number of rotatable bonds is 2. The summed E-state index contributed by atoms with van der Waals surface area (Å²) < 4.78 is 0. The SMILES string of the molecule is CC.CCCN1CCNCC(C)(C)C1. The van der Waals surface area contributed by atoms with Crippen LogP contribution in [0.4, 0.5) is 0 Å². The van der Waals surface area contributed by atoms with Gasteiger partial charge >= 0.3 is 0 Å². The molecule has 1 fully saturated rings. The van der Waals surface area contributed by atoms with Gasteiger partial charge in [0.05, 0.1) is 0 Å². The summed E-state index contributed by atoms with van der Waals surface area (Å²) >= 11 is 0. The third kappa shape index (κ3) is 5.61. The predicted molar refractivity (Wildman–Crippen MR) is 64.7 cm³/mol. The lowest BCUT2D eigenvalue weighted by Crippen LogP contribution is -2.35. The van der Waals surface area contributed by atoms with Gasteiger partial charge in [0.1, 0.15) is 0 Å². The van der Waals surface area contributed by atoms with Crippen molar-refractivity contribution in [3.05, 3.63) is 0 Å². The maximum atomic E-state index is 3.48. The van der Waals surface area contributed by atoms with Crippen LogP contribution in [0.25, 0.3) is 0 Å². The van der Waals surface area contributed by atoms with E-state index < -0.39 is 0 Å². The van der Waals surface area contributed by atoms with Crippen molar-refractivity contribution in [2.45, 2.75) is 41.0 Å². The Kier molecular flexibility index (Phi) is 7.20. The van der Waals surface area contributed by atoms with Crippen LogP contribution in [0.3, 0.4) is 0 Å². The van der Waals surface area contributed by atoms with Crippen molar-refractivity contribution >= 4 is 0 Å². The molecule has 1 saturated heterocycles. The first-order valence-electron chi connectivity index (χ1n) is 6.07. The molecule has 0 radical (unpaired) electrons. The van der Waals surface area contributed by atoms with Gasteiger partial charge in [0.25, 0.3) is 0 Å². The van der Waals surface area contributed by atoms with E-state index in [-0.39, 0.29) is 0 Å². The Hall–Kier alpha value is -0.0800. The van der Waals surface area contributed by atoms with Gasteiger partial charge < -0.3 is 10.2 Å². The molecule has 1 aliphatic rings. The van der Waals surface area contributed by atoms with E-state index in [4.69, 9.17) is 0 Å². The zero-order valence-electron chi connectivity index (χ0n) is 10.7. The Morgan fingerprint density at radius 3 is 2.50 bits per heavy atom. The summed E-state index contributed by atoms with van der Waals surface area (Å²) in [5.74, 6) is 0. The van der Waals surface area contributed by atoms with Crippen molar-refractivity contribution in [3.8, 4) is 0 Å². The van der Waals surface area contributed by atoms with E-state index in [9.17, 15) is 0 Å². The zero-order valence-corrected chi connectivity index (χ0v) is 10.7. The van der Waals surface area contributed by atoms with Crippen molar-refractivity contribution in [2.24, 2.45) is 5.41 Å². The number of nitrogens with one attached hydrogen (secondary N) is 1. The highest BCUT2D eigenvalue weighted by Crippen LogP contribution is 2.17. The van der Waals surface area contributed by atoms with E-state index in [2.05, 4.69) is 31.0 Å². The van der Waals surface area contributed by atoms with Crippen molar-refractivity contribution in [2.75, 3.05) is 32.7 Å². The maximum absolute atomic E-state index is 3.48. The lowest BCUT2D eigenvalue weighted by molar-refractivity contribution is 0.207. The lowest BCUT2D eigenvalue weighted by Gasteiger charge is -2.28. The fourth-order valence-corrected chi connectivity index (χ4v) is 1.91. The smallest absolute Gasteiger partial charge is 0.0107 e. The minimum absolute atomic E-state index is 0.450. The Morgan fingerprint density at radius 1 is 1.29 bits per heavy atom. The molecule has 1 heterocycles. The zero-order chi connectivity index (χ0) is 11.0. The van der Waals surface area contributed by atoms with E-state index in [0.29, 0.717) is 5.41 Å². The van der Waals surface area contributed by atoms with Crippen molar-refractivity contribution in [1.82, 2.24) is 10.2 Å². The van der Waals surface area contributed by atoms with E-state index in [1.54, 1.807) is 0 Å². The van der Waals surface area contributed by atoms with Gasteiger partial charge in [-0.3, -0.25) is 0 Å². The first-order chi connectivity index (χ1) is 6.64. The van der Waals surface area contributed by atoms with Crippen LogP contribution < -0.4 is 5.32 Å². The van der Waals surface area contributed by atoms with Gasteiger partial charge in [-0.05, 0) is 18.4 Å². The molecule has 0 bridgehead atoms.